The first-order valence-corrected chi connectivity index (χ1v) is 10.1. The predicted molar refractivity (Wildman–Crippen MR) is 114 cm³/mol. The van der Waals surface area contributed by atoms with Crippen molar-refractivity contribution in [1.29, 1.82) is 0 Å². The van der Waals surface area contributed by atoms with Crippen molar-refractivity contribution < 1.29 is 19.2 Å². The fourth-order valence-corrected chi connectivity index (χ4v) is 4.26. The van der Waals surface area contributed by atoms with E-state index in [4.69, 9.17) is 11.5 Å². The Morgan fingerprint density at radius 2 is 1.19 bits per heavy atom. The minimum Gasteiger partial charge on any atom is -0.369 e. The van der Waals surface area contributed by atoms with Crippen LogP contribution >= 0.6 is 0 Å². The molecule has 2 aliphatic heterocycles. The van der Waals surface area contributed by atoms with Crippen molar-refractivity contribution in [1.82, 2.24) is 19.8 Å². The largest absolute Gasteiger partial charge is 0.369 e. The number of hydrogen-bond donors (Lipinski definition) is 2. The van der Waals surface area contributed by atoms with Crippen LogP contribution in [0, 0.1) is 11.8 Å². The van der Waals surface area contributed by atoms with Crippen molar-refractivity contribution in [3.8, 4) is 0 Å². The van der Waals surface area contributed by atoms with Crippen molar-refractivity contribution >= 4 is 23.6 Å². The molecule has 0 aliphatic carbocycles. The molecule has 0 bridgehead atoms. The summed E-state index contributed by atoms with van der Waals surface area (Å²) < 4.78 is 0. The number of pyridine rings is 2. The number of hydrogen-bond acceptors (Lipinski definition) is 6. The maximum atomic E-state index is 11.6. The molecular weight excluding hydrogens is 412 g/mol. The van der Waals surface area contributed by atoms with Crippen LogP contribution in [0.3, 0.4) is 0 Å². The molecule has 10 heteroatoms. The first-order valence-electron chi connectivity index (χ1n) is 10.1. The Labute approximate surface area is 185 Å². The van der Waals surface area contributed by atoms with Gasteiger partial charge in [-0.1, -0.05) is 12.1 Å². The summed E-state index contributed by atoms with van der Waals surface area (Å²) in [6, 6.07) is 6.71. The molecule has 2 fully saturated rings. The molecule has 0 radical (unpaired) electrons. The van der Waals surface area contributed by atoms with Crippen LogP contribution in [0.5, 0.6) is 0 Å². The Kier molecular flexibility index (Phi) is 6.82. The molecule has 2 aromatic heterocycles. The zero-order chi connectivity index (χ0) is 23.4. The highest BCUT2D eigenvalue weighted by atomic mass is 16.2. The number of carbonyl (C=O) groups excluding carboxylic acids is 4. The summed E-state index contributed by atoms with van der Waals surface area (Å²) in [7, 11) is 3.37. The van der Waals surface area contributed by atoms with E-state index in [2.05, 4.69) is 9.97 Å². The summed E-state index contributed by atoms with van der Waals surface area (Å²) in [4.78, 5) is 56.8. The van der Waals surface area contributed by atoms with Crippen molar-refractivity contribution in [2.75, 3.05) is 14.1 Å². The van der Waals surface area contributed by atoms with Crippen LogP contribution in [0.4, 0.5) is 0 Å². The van der Waals surface area contributed by atoms with E-state index in [1.54, 1.807) is 60.8 Å². The molecule has 32 heavy (non-hydrogen) atoms. The SMILES string of the molecule is CN1C(=O)CC(C(N)=O)[C@@H]1c1cccnc1.CN1C(=O)C[C@H](C(N)=O)C1c1cccnc1. The fraction of sp³-hybridized carbons (Fsp3) is 0.364. The van der Waals surface area contributed by atoms with Crippen LogP contribution in [0.15, 0.2) is 49.1 Å². The number of carbonyl (C=O) groups is 4. The highest BCUT2D eigenvalue weighted by Crippen LogP contribution is 2.37. The van der Waals surface area contributed by atoms with E-state index in [0.717, 1.165) is 11.1 Å². The van der Waals surface area contributed by atoms with Gasteiger partial charge in [0.2, 0.25) is 23.6 Å². The van der Waals surface area contributed by atoms with Gasteiger partial charge in [-0.15, -0.1) is 0 Å². The van der Waals surface area contributed by atoms with Crippen LogP contribution in [0.1, 0.15) is 36.1 Å². The summed E-state index contributed by atoms with van der Waals surface area (Å²) >= 11 is 0. The standard InChI is InChI=1S/2C11H13N3O2/c2*1-14-9(15)5-8(11(12)16)10(14)7-3-2-4-13-6-7/h2*2-4,6,8,10H,5H2,1H3,(H2,12,16)/t8?,10-;8-,10?/m00/s1. The monoisotopic (exact) mass is 438 g/mol. The number of primary amides is 2. The quantitative estimate of drug-likeness (QED) is 0.694. The van der Waals surface area contributed by atoms with Gasteiger partial charge in [0.1, 0.15) is 0 Å². The zero-order valence-electron chi connectivity index (χ0n) is 17.9. The number of nitrogens with two attached hydrogens (primary N) is 2. The molecule has 2 aromatic rings. The van der Waals surface area contributed by atoms with Crippen molar-refractivity contribution in [2.24, 2.45) is 23.3 Å². The van der Waals surface area contributed by atoms with Gasteiger partial charge in [-0.2, -0.15) is 0 Å². The second kappa shape index (κ2) is 9.54. The molecule has 4 N–H and O–H groups in total. The third-order valence-electron chi connectivity index (χ3n) is 5.96. The summed E-state index contributed by atoms with van der Waals surface area (Å²) in [5.74, 6) is -1.91. The van der Waals surface area contributed by atoms with Crippen LogP contribution in [0.25, 0.3) is 0 Å². The molecule has 4 rings (SSSR count). The van der Waals surface area contributed by atoms with E-state index in [1.165, 1.54) is 0 Å². The van der Waals surface area contributed by atoms with E-state index in [-0.39, 0.29) is 36.7 Å². The molecule has 2 saturated heterocycles. The zero-order valence-corrected chi connectivity index (χ0v) is 17.9. The topological polar surface area (TPSA) is 153 Å². The third kappa shape index (κ3) is 4.58. The normalized spacial score (nSPS) is 24.8. The van der Waals surface area contributed by atoms with Crippen LogP contribution in [0.2, 0.25) is 0 Å². The summed E-state index contributed by atoms with van der Waals surface area (Å²) in [5.41, 5.74) is 12.3. The van der Waals surface area contributed by atoms with Crippen molar-refractivity contribution in [3.63, 3.8) is 0 Å². The smallest absolute Gasteiger partial charge is 0.223 e. The van der Waals surface area contributed by atoms with Gasteiger partial charge in [0, 0.05) is 51.7 Å². The summed E-state index contributed by atoms with van der Waals surface area (Å²) in [6.45, 7) is 0. The van der Waals surface area contributed by atoms with E-state index in [1.807, 2.05) is 12.1 Å². The number of rotatable bonds is 4. The number of nitrogens with zero attached hydrogens (tertiary/aromatic N) is 4. The third-order valence-corrected chi connectivity index (χ3v) is 5.96. The predicted octanol–water partition coefficient (Wildman–Crippen LogP) is 0.173. The molecule has 168 valence electrons. The molecule has 2 unspecified atom stereocenters. The number of likely N-dealkylation sites (tertiary alicyclic amines) is 2. The Bertz CT molecular complexity index is 918. The Balaban J connectivity index is 0.000000181. The van der Waals surface area contributed by atoms with Crippen LogP contribution in [-0.4, -0.2) is 57.5 Å². The highest BCUT2D eigenvalue weighted by molar-refractivity contribution is 5.90. The van der Waals surface area contributed by atoms with Gasteiger partial charge in [0.25, 0.3) is 0 Å². The van der Waals surface area contributed by atoms with E-state index < -0.39 is 23.7 Å². The second-order valence-electron chi connectivity index (χ2n) is 7.90. The molecule has 10 nitrogen and oxygen atoms in total. The van der Waals surface area contributed by atoms with Gasteiger partial charge in [-0.25, -0.2) is 0 Å². The van der Waals surface area contributed by atoms with Crippen molar-refractivity contribution in [3.05, 3.63) is 60.2 Å². The summed E-state index contributed by atoms with van der Waals surface area (Å²) in [6.07, 6.45) is 7.00. The maximum absolute atomic E-state index is 11.6. The van der Waals surface area contributed by atoms with Gasteiger partial charge in [-0.05, 0) is 23.3 Å². The van der Waals surface area contributed by atoms with Gasteiger partial charge in [0.05, 0.1) is 23.9 Å². The minimum absolute atomic E-state index is 0.0577. The fourth-order valence-electron chi connectivity index (χ4n) is 4.26. The lowest BCUT2D eigenvalue weighted by molar-refractivity contribution is -0.128. The van der Waals surface area contributed by atoms with E-state index in [9.17, 15) is 19.2 Å². The van der Waals surface area contributed by atoms with Gasteiger partial charge in [-0.3, -0.25) is 29.1 Å². The molecule has 2 aliphatic rings. The Morgan fingerprint density at radius 1 is 0.812 bits per heavy atom. The van der Waals surface area contributed by atoms with Crippen LogP contribution < -0.4 is 11.5 Å². The molecule has 4 amide bonds. The minimum atomic E-state index is -0.457. The lowest BCUT2D eigenvalue weighted by Crippen LogP contribution is -2.30. The van der Waals surface area contributed by atoms with Crippen LogP contribution in [-0.2, 0) is 19.2 Å². The Morgan fingerprint density at radius 3 is 1.47 bits per heavy atom. The van der Waals surface area contributed by atoms with Gasteiger partial charge >= 0.3 is 0 Å². The molecule has 4 atom stereocenters. The Hall–Kier alpha value is -3.82. The average molecular weight is 438 g/mol. The molecule has 0 aromatic carbocycles. The van der Waals surface area contributed by atoms with E-state index in [0.29, 0.717) is 0 Å². The lowest BCUT2D eigenvalue weighted by Gasteiger charge is -2.23. The molecule has 4 heterocycles. The summed E-state index contributed by atoms with van der Waals surface area (Å²) in [5, 5.41) is 0. The first kappa shape index (κ1) is 22.9. The molecule has 0 saturated carbocycles. The molecule has 0 spiro atoms. The lowest BCUT2D eigenvalue weighted by atomic mass is 9.94. The maximum Gasteiger partial charge on any atom is 0.223 e. The van der Waals surface area contributed by atoms with Gasteiger partial charge in [0.15, 0.2) is 0 Å². The van der Waals surface area contributed by atoms with Crippen molar-refractivity contribution in [2.45, 2.75) is 24.9 Å². The second-order valence-corrected chi connectivity index (χ2v) is 7.90. The van der Waals surface area contributed by atoms with Gasteiger partial charge < -0.3 is 21.3 Å². The number of aromatic nitrogens is 2. The first-order chi connectivity index (χ1) is 15.2. The number of amides is 4. The highest BCUT2D eigenvalue weighted by Gasteiger charge is 2.42. The molecular formula is C22H26N6O4. The average Bonchev–Trinajstić information content (AvgIpc) is 3.26. The van der Waals surface area contributed by atoms with E-state index >= 15 is 0 Å².